The van der Waals surface area contributed by atoms with Crippen LogP contribution in [0.1, 0.15) is 12.0 Å². The third kappa shape index (κ3) is 2.90. The van der Waals surface area contributed by atoms with Gasteiger partial charge in [0.2, 0.25) is 10.0 Å². The number of rotatable bonds is 3. The van der Waals surface area contributed by atoms with Crippen molar-refractivity contribution in [2.75, 3.05) is 11.4 Å². The van der Waals surface area contributed by atoms with Gasteiger partial charge in [-0.25, -0.2) is 18.1 Å². The first-order chi connectivity index (χ1) is 12.9. The Morgan fingerprint density at radius 3 is 2.33 bits per heavy atom. The topological polar surface area (TPSA) is 86.8 Å². The van der Waals surface area contributed by atoms with Crippen molar-refractivity contribution in [2.45, 2.75) is 30.3 Å². The number of fused-ring (bicyclic) bond motifs is 1. The molecule has 2 aromatic rings. The van der Waals surface area contributed by atoms with Crippen LogP contribution < -0.4 is 10.2 Å². The van der Waals surface area contributed by atoms with Gasteiger partial charge in [0.25, 0.3) is 5.91 Å². The van der Waals surface area contributed by atoms with Crippen molar-refractivity contribution in [1.82, 2.24) is 9.62 Å². The molecular weight excluding hydrogens is 366 g/mol. The molecule has 0 saturated carbocycles. The Kier molecular flexibility index (Phi) is 4.24. The Hall–Kier alpha value is -2.71. The maximum Gasteiger partial charge on any atom is 0.329 e. The summed E-state index contributed by atoms with van der Waals surface area (Å²) in [5.74, 6) is -0.524. The Morgan fingerprint density at radius 2 is 1.67 bits per heavy atom. The molecule has 0 spiro atoms. The van der Waals surface area contributed by atoms with Gasteiger partial charge in [-0.3, -0.25) is 4.79 Å². The molecule has 0 aromatic heterocycles. The van der Waals surface area contributed by atoms with Crippen LogP contribution in [0.3, 0.4) is 0 Å². The summed E-state index contributed by atoms with van der Waals surface area (Å²) in [5.41, 5.74) is 1.42. The highest BCUT2D eigenvalue weighted by Crippen LogP contribution is 2.31. The van der Waals surface area contributed by atoms with Crippen molar-refractivity contribution < 1.29 is 18.0 Å². The molecule has 0 unspecified atom stereocenters. The molecule has 7 nitrogen and oxygen atoms in total. The predicted molar refractivity (Wildman–Crippen MR) is 99.7 cm³/mol. The number of imide groups is 1. The number of nitrogens with zero attached hydrogens (tertiary/aromatic N) is 2. The maximum absolute atomic E-state index is 13.2. The fourth-order valence-electron chi connectivity index (χ4n) is 3.60. The quantitative estimate of drug-likeness (QED) is 0.874. The lowest BCUT2D eigenvalue weighted by Gasteiger charge is -2.36. The van der Waals surface area contributed by atoms with E-state index in [0.29, 0.717) is 12.1 Å². The zero-order valence-corrected chi connectivity index (χ0v) is 15.5. The second-order valence-electron chi connectivity index (χ2n) is 6.73. The van der Waals surface area contributed by atoms with E-state index >= 15 is 0 Å². The zero-order chi connectivity index (χ0) is 19.2. The van der Waals surface area contributed by atoms with Crippen molar-refractivity contribution in [1.29, 1.82) is 0 Å². The number of nitrogens with one attached hydrogen (secondary N) is 1. The van der Waals surface area contributed by atoms with Gasteiger partial charge in [0.1, 0.15) is 6.04 Å². The Bertz CT molecular complexity index is 989. The SMILES string of the molecule is Cc1ccc(N2C(=O)N[C@@H]3CCN(S(=O)(=O)c4ccccc4)[C@@H]3C2=O)cc1. The van der Waals surface area contributed by atoms with Gasteiger partial charge < -0.3 is 5.32 Å². The number of hydrogen-bond acceptors (Lipinski definition) is 4. The summed E-state index contributed by atoms with van der Waals surface area (Å²) in [7, 11) is -3.84. The summed E-state index contributed by atoms with van der Waals surface area (Å²) >= 11 is 0. The fraction of sp³-hybridized carbons (Fsp3) is 0.263. The van der Waals surface area contributed by atoms with Gasteiger partial charge in [0.05, 0.1) is 16.6 Å². The molecule has 4 rings (SSSR count). The van der Waals surface area contributed by atoms with Gasteiger partial charge in [0.15, 0.2) is 0 Å². The van der Waals surface area contributed by atoms with E-state index in [-0.39, 0.29) is 11.4 Å². The molecule has 0 aliphatic carbocycles. The number of benzene rings is 2. The van der Waals surface area contributed by atoms with Crippen molar-refractivity contribution in [2.24, 2.45) is 0 Å². The van der Waals surface area contributed by atoms with Gasteiger partial charge in [0, 0.05) is 6.54 Å². The summed E-state index contributed by atoms with van der Waals surface area (Å²) in [6, 6.07) is 13.0. The van der Waals surface area contributed by atoms with Crippen LogP contribution in [0.5, 0.6) is 0 Å². The highest BCUT2D eigenvalue weighted by molar-refractivity contribution is 7.89. The first-order valence-corrected chi connectivity index (χ1v) is 10.1. The molecule has 27 heavy (non-hydrogen) atoms. The van der Waals surface area contributed by atoms with Gasteiger partial charge in [-0.15, -0.1) is 0 Å². The lowest BCUT2D eigenvalue weighted by molar-refractivity contribution is -0.122. The first-order valence-electron chi connectivity index (χ1n) is 8.67. The molecule has 2 aliphatic heterocycles. The minimum atomic E-state index is -3.84. The van der Waals surface area contributed by atoms with Crippen molar-refractivity contribution in [3.05, 3.63) is 60.2 Å². The van der Waals surface area contributed by atoms with Crippen molar-refractivity contribution in [3.8, 4) is 0 Å². The smallest absolute Gasteiger partial charge is 0.329 e. The molecule has 2 aromatic carbocycles. The molecule has 2 saturated heterocycles. The summed E-state index contributed by atoms with van der Waals surface area (Å²) in [4.78, 5) is 26.8. The lowest BCUT2D eigenvalue weighted by atomic mass is 10.1. The molecule has 2 aliphatic rings. The average Bonchev–Trinajstić information content (AvgIpc) is 3.09. The first kappa shape index (κ1) is 17.7. The molecule has 2 atom stereocenters. The molecule has 3 amide bonds. The summed E-state index contributed by atoms with van der Waals surface area (Å²) in [6.45, 7) is 2.09. The van der Waals surface area contributed by atoms with Crippen LogP contribution in [-0.2, 0) is 14.8 Å². The second-order valence-corrected chi connectivity index (χ2v) is 8.62. The van der Waals surface area contributed by atoms with Crippen LogP contribution in [0.25, 0.3) is 0 Å². The number of sulfonamides is 1. The average molecular weight is 385 g/mol. The van der Waals surface area contributed by atoms with Crippen LogP contribution in [-0.4, -0.2) is 43.3 Å². The van der Waals surface area contributed by atoms with Gasteiger partial charge in [-0.2, -0.15) is 4.31 Å². The van der Waals surface area contributed by atoms with E-state index in [1.54, 1.807) is 42.5 Å². The van der Waals surface area contributed by atoms with E-state index in [9.17, 15) is 18.0 Å². The summed E-state index contributed by atoms with van der Waals surface area (Å²) < 4.78 is 27.3. The van der Waals surface area contributed by atoms with Crippen LogP contribution in [0.2, 0.25) is 0 Å². The number of anilines is 1. The standard InChI is InChI=1S/C19H19N3O4S/c1-13-7-9-14(10-8-13)22-18(23)17-16(20-19(22)24)11-12-21(17)27(25,26)15-5-3-2-4-6-15/h2-10,16-17H,11-12H2,1H3,(H,20,24)/t16-,17+/m1/s1. The predicted octanol–water partition coefficient (Wildman–Crippen LogP) is 1.88. The van der Waals surface area contributed by atoms with Crippen LogP contribution in [0, 0.1) is 6.92 Å². The monoisotopic (exact) mass is 385 g/mol. The van der Waals surface area contributed by atoms with Crippen LogP contribution >= 0.6 is 0 Å². The molecule has 2 fully saturated rings. The van der Waals surface area contributed by atoms with Crippen LogP contribution in [0.4, 0.5) is 10.5 Å². The highest BCUT2D eigenvalue weighted by atomic mass is 32.2. The van der Waals surface area contributed by atoms with E-state index < -0.39 is 34.0 Å². The molecule has 140 valence electrons. The van der Waals surface area contributed by atoms with E-state index in [1.165, 1.54) is 16.4 Å². The molecule has 8 heteroatoms. The van der Waals surface area contributed by atoms with Crippen molar-refractivity contribution in [3.63, 3.8) is 0 Å². The van der Waals surface area contributed by atoms with E-state index in [2.05, 4.69) is 5.32 Å². The number of amides is 3. The number of carbonyl (C=O) groups is 2. The Morgan fingerprint density at radius 1 is 1.00 bits per heavy atom. The zero-order valence-electron chi connectivity index (χ0n) is 14.7. The number of carbonyl (C=O) groups excluding carboxylic acids is 2. The molecule has 1 N–H and O–H groups in total. The fourth-order valence-corrected chi connectivity index (χ4v) is 5.26. The third-order valence-corrected chi connectivity index (χ3v) is 6.87. The largest absolute Gasteiger partial charge is 0.332 e. The van der Waals surface area contributed by atoms with Gasteiger partial charge >= 0.3 is 6.03 Å². The molecule has 0 radical (unpaired) electrons. The molecule has 2 heterocycles. The summed E-state index contributed by atoms with van der Waals surface area (Å²) in [5, 5.41) is 2.79. The number of hydrogen-bond donors (Lipinski definition) is 1. The lowest BCUT2D eigenvalue weighted by Crippen LogP contribution is -2.64. The maximum atomic E-state index is 13.2. The van der Waals surface area contributed by atoms with Gasteiger partial charge in [-0.05, 0) is 37.6 Å². The summed E-state index contributed by atoms with van der Waals surface area (Å²) in [6.07, 6.45) is 0.399. The van der Waals surface area contributed by atoms with Crippen LogP contribution in [0.15, 0.2) is 59.5 Å². The number of aryl methyl sites for hydroxylation is 1. The van der Waals surface area contributed by atoms with Crippen molar-refractivity contribution >= 4 is 27.6 Å². The second kappa shape index (κ2) is 6.47. The third-order valence-electron chi connectivity index (χ3n) is 4.98. The highest BCUT2D eigenvalue weighted by Gasteiger charge is 2.52. The Balaban J connectivity index is 1.71. The Labute approximate surface area is 157 Å². The van der Waals surface area contributed by atoms with E-state index in [1.807, 2.05) is 6.92 Å². The molecule has 0 bridgehead atoms. The normalized spacial score (nSPS) is 23.2. The number of urea groups is 1. The molecular formula is C19H19N3O4S. The van der Waals surface area contributed by atoms with E-state index in [4.69, 9.17) is 0 Å². The van der Waals surface area contributed by atoms with Gasteiger partial charge in [-0.1, -0.05) is 35.9 Å². The minimum absolute atomic E-state index is 0.136. The minimum Gasteiger partial charge on any atom is -0.332 e. The van der Waals surface area contributed by atoms with E-state index in [0.717, 1.165) is 10.5 Å².